The second kappa shape index (κ2) is 6.37. The van der Waals surface area contributed by atoms with E-state index in [9.17, 15) is 14.4 Å². The molecule has 0 saturated carbocycles. The third-order valence-corrected chi connectivity index (χ3v) is 6.44. The number of amides is 2. The number of imide groups is 1. The van der Waals surface area contributed by atoms with Crippen molar-refractivity contribution in [3.05, 3.63) is 62.0 Å². The fourth-order valence-electron chi connectivity index (χ4n) is 2.96. The van der Waals surface area contributed by atoms with Gasteiger partial charge in [0.1, 0.15) is 10.7 Å². The van der Waals surface area contributed by atoms with Crippen molar-refractivity contribution in [1.29, 1.82) is 0 Å². The third kappa shape index (κ3) is 2.65. The number of hydrogen-bond donors (Lipinski definition) is 1. The number of thiophene rings is 1. The molecular formula is C18H15N3O3S2. The zero-order valence-corrected chi connectivity index (χ0v) is 15.8. The molecule has 1 aliphatic heterocycles. The number of benzene rings is 1. The minimum Gasteiger partial charge on any atom is -0.309 e. The van der Waals surface area contributed by atoms with E-state index in [0.29, 0.717) is 28.1 Å². The smallest absolute Gasteiger partial charge is 0.262 e. The summed E-state index contributed by atoms with van der Waals surface area (Å²) in [5, 5.41) is 0.640. The molecule has 0 spiro atoms. The van der Waals surface area contributed by atoms with Gasteiger partial charge in [-0.1, -0.05) is 12.1 Å². The standard InChI is InChI=1S/C18H15N3O3S2/c1-9-10(2)26-16-14(9)15(22)19-13(20-16)7-25-8-21-17(23)11-5-3-4-6-12(11)18(21)24/h3-6H,7-8H2,1-2H3,(H,19,20,22). The van der Waals surface area contributed by atoms with E-state index < -0.39 is 0 Å². The van der Waals surface area contributed by atoms with Gasteiger partial charge in [-0.3, -0.25) is 19.3 Å². The minimum absolute atomic E-state index is 0.145. The summed E-state index contributed by atoms with van der Waals surface area (Å²) in [5.74, 6) is 0.620. The topological polar surface area (TPSA) is 83.1 Å². The quantitative estimate of drug-likeness (QED) is 0.698. The summed E-state index contributed by atoms with van der Waals surface area (Å²) >= 11 is 2.87. The first-order valence-corrected chi connectivity index (χ1v) is 9.96. The van der Waals surface area contributed by atoms with Crippen LogP contribution >= 0.6 is 23.1 Å². The van der Waals surface area contributed by atoms with Gasteiger partial charge >= 0.3 is 0 Å². The average Bonchev–Trinajstić information content (AvgIpc) is 3.04. The van der Waals surface area contributed by atoms with E-state index in [1.807, 2.05) is 13.8 Å². The molecule has 1 aromatic carbocycles. The molecule has 0 saturated heterocycles. The molecule has 3 heterocycles. The maximum atomic E-state index is 12.3. The summed E-state index contributed by atoms with van der Waals surface area (Å²) in [6.45, 7) is 3.89. The number of thioether (sulfide) groups is 1. The molecule has 0 bridgehead atoms. The number of carbonyl (C=O) groups excluding carboxylic acids is 2. The summed E-state index contributed by atoms with van der Waals surface area (Å²) in [5.41, 5.74) is 1.70. The predicted octanol–water partition coefficient (Wildman–Crippen LogP) is 3.09. The van der Waals surface area contributed by atoms with E-state index in [1.54, 1.807) is 24.3 Å². The molecule has 0 unspecified atom stereocenters. The van der Waals surface area contributed by atoms with Crippen molar-refractivity contribution >= 4 is 45.1 Å². The molecule has 2 amide bonds. The number of nitrogens with one attached hydrogen (secondary N) is 1. The highest BCUT2D eigenvalue weighted by Crippen LogP contribution is 2.27. The van der Waals surface area contributed by atoms with Gasteiger partial charge in [-0.05, 0) is 31.5 Å². The number of aryl methyl sites for hydroxylation is 2. The third-order valence-electron chi connectivity index (χ3n) is 4.43. The van der Waals surface area contributed by atoms with Crippen LogP contribution in [0.2, 0.25) is 0 Å². The van der Waals surface area contributed by atoms with E-state index in [-0.39, 0.29) is 23.3 Å². The first kappa shape index (κ1) is 17.0. The van der Waals surface area contributed by atoms with Gasteiger partial charge < -0.3 is 4.98 Å². The fourth-order valence-corrected chi connectivity index (χ4v) is 4.84. The Morgan fingerprint density at radius 3 is 2.42 bits per heavy atom. The highest BCUT2D eigenvalue weighted by Gasteiger charge is 2.34. The van der Waals surface area contributed by atoms with Crippen LogP contribution in [0, 0.1) is 13.8 Å². The van der Waals surface area contributed by atoms with Gasteiger partial charge in [0.15, 0.2) is 0 Å². The van der Waals surface area contributed by atoms with Gasteiger partial charge in [0.2, 0.25) is 0 Å². The van der Waals surface area contributed by atoms with Crippen molar-refractivity contribution in [1.82, 2.24) is 14.9 Å². The van der Waals surface area contributed by atoms with E-state index in [0.717, 1.165) is 15.3 Å². The zero-order valence-electron chi connectivity index (χ0n) is 14.2. The SMILES string of the molecule is Cc1sc2nc(CSCN3C(=O)c4ccccc4C3=O)[nH]c(=O)c2c1C. The normalized spacial score (nSPS) is 13.7. The maximum absolute atomic E-state index is 12.3. The molecular weight excluding hydrogens is 370 g/mol. The zero-order chi connectivity index (χ0) is 18.4. The summed E-state index contributed by atoms with van der Waals surface area (Å²) < 4.78 is 0. The summed E-state index contributed by atoms with van der Waals surface area (Å²) in [6, 6.07) is 6.81. The number of carbonyl (C=O) groups is 2. The Morgan fingerprint density at radius 2 is 1.77 bits per heavy atom. The lowest BCUT2D eigenvalue weighted by Crippen LogP contribution is -2.29. The first-order chi connectivity index (χ1) is 12.5. The lowest BCUT2D eigenvalue weighted by molar-refractivity contribution is 0.0684. The van der Waals surface area contributed by atoms with Gasteiger partial charge in [0, 0.05) is 4.88 Å². The van der Waals surface area contributed by atoms with Crippen LogP contribution in [0.25, 0.3) is 10.2 Å². The number of aromatic amines is 1. The Kier molecular flexibility index (Phi) is 4.16. The van der Waals surface area contributed by atoms with E-state index in [2.05, 4.69) is 9.97 Å². The van der Waals surface area contributed by atoms with E-state index >= 15 is 0 Å². The molecule has 2 aromatic heterocycles. The van der Waals surface area contributed by atoms with Crippen molar-refractivity contribution in [2.24, 2.45) is 0 Å². The summed E-state index contributed by atoms with van der Waals surface area (Å²) in [4.78, 5) is 47.3. The molecule has 26 heavy (non-hydrogen) atoms. The molecule has 0 atom stereocenters. The molecule has 4 rings (SSSR count). The number of rotatable bonds is 4. The number of H-pyrrole nitrogens is 1. The largest absolute Gasteiger partial charge is 0.309 e. The Hall–Kier alpha value is -2.45. The fraction of sp³-hybridized carbons (Fsp3) is 0.222. The van der Waals surface area contributed by atoms with Gasteiger partial charge in [-0.25, -0.2) is 4.98 Å². The monoisotopic (exact) mass is 385 g/mol. The molecule has 1 aliphatic rings. The lowest BCUT2D eigenvalue weighted by Gasteiger charge is -2.12. The van der Waals surface area contributed by atoms with Crippen molar-refractivity contribution in [3.63, 3.8) is 0 Å². The molecule has 0 fully saturated rings. The number of fused-ring (bicyclic) bond motifs is 2. The molecule has 0 radical (unpaired) electrons. The second-order valence-corrected chi connectivity index (χ2v) is 8.20. The lowest BCUT2D eigenvalue weighted by atomic mass is 10.1. The maximum Gasteiger partial charge on any atom is 0.262 e. The van der Waals surface area contributed by atoms with Crippen LogP contribution in [0.3, 0.4) is 0 Å². The summed E-state index contributed by atoms with van der Waals surface area (Å²) in [7, 11) is 0. The van der Waals surface area contributed by atoms with Crippen molar-refractivity contribution < 1.29 is 9.59 Å². The van der Waals surface area contributed by atoms with Crippen molar-refractivity contribution in [2.45, 2.75) is 19.6 Å². The van der Waals surface area contributed by atoms with Gasteiger partial charge in [0.25, 0.3) is 17.4 Å². The molecule has 3 aromatic rings. The minimum atomic E-state index is -0.278. The van der Waals surface area contributed by atoms with Crippen LogP contribution in [0.1, 0.15) is 37.0 Å². The van der Waals surface area contributed by atoms with Crippen LogP contribution in [-0.4, -0.2) is 32.6 Å². The highest BCUT2D eigenvalue weighted by atomic mass is 32.2. The van der Waals surface area contributed by atoms with E-state index in [1.165, 1.54) is 28.0 Å². The van der Waals surface area contributed by atoms with E-state index in [4.69, 9.17) is 0 Å². The number of hydrogen-bond acceptors (Lipinski definition) is 6. The number of nitrogens with zero attached hydrogens (tertiary/aromatic N) is 2. The molecule has 6 nitrogen and oxygen atoms in total. The first-order valence-electron chi connectivity index (χ1n) is 7.99. The van der Waals surface area contributed by atoms with Crippen LogP contribution in [-0.2, 0) is 5.75 Å². The molecule has 8 heteroatoms. The van der Waals surface area contributed by atoms with Crippen LogP contribution in [0.5, 0.6) is 0 Å². The van der Waals surface area contributed by atoms with Crippen LogP contribution in [0.15, 0.2) is 29.1 Å². The van der Waals surface area contributed by atoms with Crippen molar-refractivity contribution in [2.75, 3.05) is 5.88 Å². The van der Waals surface area contributed by atoms with Crippen LogP contribution < -0.4 is 5.56 Å². The van der Waals surface area contributed by atoms with Gasteiger partial charge in [0.05, 0.1) is 28.1 Å². The summed E-state index contributed by atoms with van der Waals surface area (Å²) in [6.07, 6.45) is 0. The van der Waals surface area contributed by atoms with Gasteiger partial charge in [-0.15, -0.1) is 23.1 Å². The predicted molar refractivity (Wildman–Crippen MR) is 103 cm³/mol. The molecule has 132 valence electrons. The van der Waals surface area contributed by atoms with Crippen LogP contribution in [0.4, 0.5) is 0 Å². The Labute approximate surface area is 157 Å². The van der Waals surface area contributed by atoms with Gasteiger partial charge in [-0.2, -0.15) is 0 Å². The number of aromatic nitrogens is 2. The Bertz CT molecular complexity index is 1080. The van der Waals surface area contributed by atoms with Crippen molar-refractivity contribution in [3.8, 4) is 0 Å². The average molecular weight is 385 g/mol. The second-order valence-electron chi connectivity index (χ2n) is 6.04. The molecule has 0 aliphatic carbocycles. The molecule has 1 N–H and O–H groups in total. The Balaban J connectivity index is 1.49. The highest BCUT2D eigenvalue weighted by molar-refractivity contribution is 7.98. The Morgan fingerprint density at radius 1 is 1.12 bits per heavy atom.